The second-order valence-electron chi connectivity index (χ2n) is 5.26. The van der Waals surface area contributed by atoms with Crippen LogP contribution in [0.3, 0.4) is 0 Å². The lowest BCUT2D eigenvalue weighted by atomic mass is 10.1. The van der Waals surface area contributed by atoms with Crippen molar-refractivity contribution in [3.05, 3.63) is 64.1 Å². The Balaban J connectivity index is 1.97. The Labute approximate surface area is 170 Å². The molecule has 1 unspecified atom stereocenters. The average molecular weight is 461 g/mol. The number of hydrogen-bond acceptors (Lipinski definition) is 2. The molecule has 3 N–H and O–H groups in total. The van der Waals surface area contributed by atoms with Crippen molar-refractivity contribution < 1.29 is 4.79 Å². The molecular formula is C17H16BrCl2N3OS. The van der Waals surface area contributed by atoms with Crippen LogP contribution in [0.25, 0.3) is 0 Å². The summed E-state index contributed by atoms with van der Waals surface area (Å²) < 4.78 is 0.960. The summed E-state index contributed by atoms with van der Waals surface area (Å²) in [5.41, 5.74) is 2.38. The fourth-order valence-corrected chi connectivity index (χ4v) is 2.69. The van der Waals surface area contributed by atoms with Gasteiger partial charge in [-0.2, -0.15) is 0 Å². The first kappa shape index (κ1) is 20.0. The van der Waals surface area contributed by atoms with Crippen molar-refractivity contribution in [1.29, 1.82) is 0 Å². The van der Waals surface area contributed by atoms with Gasteiger partial charge in [-0.3, -0.25) is 4.79 Å². The van der Waals surface area contributed by atoms with Gasteiger partial charge in [0.25, 0.3) is 5.91 Å². The molecule has 0 radical (unpaired) electrons. The van der Waals surface area contributed by atoms with E-state index in [1.165, 1.54) is 0 Å². The molecule has 0 aromatic heterocycles. The number of benzene rings is 2. The Hall–Kier alpha value is -1.34. The zero-order valence-corrected chi connectivity index (χ0v) is 17.1. The van der Waals surface area contributed by atoms with Gasteiger partial charge in [0.1, 0.15) is 11.0 Å². The van der Waals surface area contributed by atoms with Crippen LogP contribution in [0.2, 0.25) is 0 Å². The molecular weight excluding hydrogens is 445 g/mol. The molecule has 0 bridgehead atoms. The highest BCUT2D eigenvalue weighted by molar-refractivity contribution is 9.10. The third-order valence-electron chi connectivity index (χ3n) is 3.24. The van der Waals surface area contributed by atoms with Crippen LogP contribution < -0.4 is 16.0 Å². The minimum Gasteiger partial charge on any atom is -0.340 e. The van der Waals surface area contributed by atoms with Gasteiger partial charge in [0, 0.05) is 15.7 Å². The predicted molar refractivity (Wildman–Crippen MR) is 111 cm³/mol. The van der Waals surface area contributed by atoms with Gasteiger partial charge in [0.15, 0.2) is 5.11 Å². The van der Waals surface area contributed by atoms with Crippen LogP contribution in [0.4, 0.5) is 5.69 Å². The SMILES string of the molecule is Cc1ccc(C(=O)NC(NC(=S)Nc2ccc(Br)cc2)C(Cl)Cl)cc1. The molecule has 0 aliphatic heterocycles. The van der Waals surface area contributed by atoms with Crippen molar-refractivity contribution in [2.75, 3.05) is 5.32 Å². The van der Waals surface area contributed by atoms with Gasteiger partial charge < -0.3 is 16.0 Å². The highest BCUT2D eigenvalue weighted by Crippen LogP contribution is 2.14. The van der Waals surface area contributed by atoms with Crippen molar-refractivity contribution in [1.82, 2.24) is 10.6 Å². The molecule has 25 heavy (non-hydrogen) atoms. The monoisotopic (exact) mass is 459 g/mol. The lowest BCUT2D eigenvalue weighted by Gasteiger charge is -2.23. The Morgan fingerprint density at radius 3 is 2.20 bits per heavy atom. The summed E-state index contributed by atoms with van der Waals surface area (Å²) in [6.45, 7) is 1.95. The van der Waals surface area contributed by atoms with Gasteiger partial charge >= 0.3 is 0 Å². The minimum absolute atomic E-state index is 0.294. The van der Waals surface area contributed by atoms with Gasteiger partial charge in [-0.05, 0) is 55.5 Å². The predicted octanol–water partition coefficient (Wildman–Crippen LogP) is 4.60. The first-order valence-corrected chi connectivity index (χ1v) is 9.41. The minimum atomic E-state index is -0.890. The molecule has 2 aromatic rings. The quantitative estimate of drug-likeness (QED) is 0.346. The molecule has 0 saturated carbocycles. The number of carbonyl (C=O) groups excluding carboxylic acids is 1. The highest BCUT2D eigenvalue weighted by atomic mass is 79.9. The fraction of sp³-hybridized carbons (Fsp3) is 0.176. The lowest BCUT2D eigenvalue weighted by molar-refractivity contribution is 0.0936. The maximum Gasteiger partial charge on any atom is 0.252 e. The lowest BCUT2D eigenvalue weighted by Crippen LogP contribution is -2.52. The van der Waals surface area contributed by atoms with Crippen molar-refractivity contribution >= 4 is 68.1 Å². The zero-order valence-electron chi connectivity index (χ0n) is 13.2. The van der Waals surface area contributed by atoms with Crippen LogP contribution in [0.15, 0.2) is 53.0 Å². The fourth-order valence-electron chi connectivity index (χ4n) is 1.93. The van der Waals surface area contributed by atoms with Crippen LogP contribution in [0.1, 0.15) is 15.9 Å². The number of anilines is 1. The van der Waals surface area contributed by atoms with Gasteiger partial charge in [-0.25, -0.2) is 0 Å². The van der Waals surface area contributed by atoms with E-state index in [4.69, 9.17) is 35.4 Å². The van der Waals surface area contributed by atoms with E-state index in [0.29, 0.717) is 10.7 Å². The summed E-state index contributed by atoms with van der Waals surface area (Å²) in [6, 6.07) is 14.7. The van der Waals surface area contributed by atoms with Crippen molar-refractivity contribution in [2.24, 2.45) is 0 Å². The number of alkyl halides is 2. The summed E-state index contributed by atoms with van der Waals surface area (Å²) in [4.78, 5) is 11.4. The molecule has 132 valence electrons. The van der Waals surface area contributed by atoms with Gasteiger partial charge in [-0.15, -0.1) is 23.2 Å². The molecule has 1 amide bonds. The number of thiocarbonyl (C=S) groups is 1. The summed E-state index contributed by atoms with van der Waals surface area (Å²) in [6.07, 6.45) is -0.743. The van der Waals surface area contributed by atoms with E-state index < -0.39 is 11.0 Å². The number of rotatable bonds is 5. The van der Waals surface area contributed by atoms with Crippen LogP contribution in [0.5, 0.6) is 0 Å². The summed E-state index contributed by atoms with van der Waals surface area (Å²) in [7, 11) is 0. The molecule has 0 saturated heterocycles. The van der Waals surface area contributed by atoms with Crippen LogP contribution in [-0.2, 0) is 0 Å². The van der Waals surface area contributed by atoms with Crippen molar-refractivity contribution in [3.8, 4) is 0 Å². The second kappa shape index (κ2) is 9.38. The summed E-state index contributed by atoms with van der Waals surface area (Å²) in [5.74, 6) is -0.296. The van der Waals surface area contributed by atoms with Crippen molar-refractivity contribution in [3.63, 3.8) is 0 Å². The Kier molecular flexibility index (Phi) is 7.50. The highest BCUT2D eigenvalue weighted by Gasteiger charge is 2.21. The van der Waals surface area contributed by atoms with E-state index in [2.05, 4.69) is 31.9 Å². The number of aryl methyl sites for hydroxylation is 1. The molecule has 8 heteroatoms. The first-order valence-electron chi connectivity index (χ1n) is 7.34. The van der Waals surface area contributed by atoms with Gasteiger partial charge in [0.05, 0.1) is 0 Å². The van der Waals surface area contributed by atoms with E-state index in [-0.39, 0.29) is 5.91 Å². The zero-order chi connectivity index (χ0) is 18.4. The Morgan fingerprint density at radius 2 is 1.64 bits per heavy atom. The number of halogens is 3. The van der Waals surface area contributed by atoms with Crippen molar-refractivity contribution in [2.45, 2.75) is 17.9 Å². The van der Waals surface area contributed by atoms with Crippen LogP contribution in [-0.4, -0.2) is 22.0 Å². The molecule has 4 nitrogen and oxygen atoms in total. The Morgan fingerprint density at radius 1 is 1.04 bits per heavy atom. The van der Waals surface area contributed by atoms with E-state index in [9.17, 15) is 4.79 Å². The largest absolute Gasteiger partial charge is 0.340 e. The first-order chi connectivity index (χ1) is 11.8. The third kappa shape index (κ3) is 6.47. The summed E-state index contributed by atoms with van der Waals surface area (Å²) >= 11 is 20.5. The maximum atomic E-state index is 12.3. The number of nitrogens with one attached hydrogen (secondary N) is 3. The number of hydrogen-bond donors (Lipinski definition) is 3. The normalized spacial score (nSPS) is 11.7. The van der Waals surface area contributed by atoms with Gasteiger partial charge in [-0.1, -0.05) is 33.6 Å². The smallest absolute Gasteiger partial charge is 0.252 e. The third-order valence-corrected chi connectivity index (χ3v) is 4.49. The van der Waals surface area contributed by atoms with E-state index >= 15 is 0 Å². The summed E-state index contributed by atoms with van der Waals surface area (Å²) in [5, 5.41) is 8.93. The number of carbonyl (C=O) groups is 1. The molecule has 2 rings (SSSR count). The van der Waals surface area contributed by atoms with Crippen LogP contribution >= 0.6 is 51.3 Å². The standard InChI is InChI=1S/C17H16BrCl2N3OS/c1-10-2-4-11(5-3-10)16(24)22-15(14(19)20)23-17(25)21-13-8-6-12(18)7-9-13/h2-9,14-15H,1H3,(H,22,24)(H2,21,23,25). The number of amides is 1. The molecule has 1 atom stereocenters. The molecule has 0 aliphatic rings. The molecule has 0 spiro atoms. The van der Waals surface area contributed by atoms with E-state index in [0.717, 1.165) is 15.7 Å². The molecule has 0 fully saturated rings. The van der Waals surface area contributed by atoms with Gasteiger partial charge in [0.2, 0.25) is 0 Å². The topological polar surface area (TPSA) is 53.2 Å². The Bertz CT molecular complexity index is 739. The average Bonchev–Trinajstić information content (AvgIpc) is 2.56. The molecule has 2 aromatic carbocycles. The maximum absolute atomic E-state index is 12.3. The van der Waals surface area contributed by atoms with Crippen LogP contribution in [0, 0.1) is 6.92 Å². The molecule has 0 heterocycles. The second-order valence-corrected chi connectivity index (χ2v) is 7.74. The van der Waals surface area contributed by atoms with E-state index in [1.54, 1.807) is 12.1 Å². The molecule has 0 aliphatic carbocycles. The van der Waals surface area contributed by atoms with E-state index in [1.807, 2.05) is 43.3 Å².